The van der Waals surface area contributed by atoms with Crippen LogP contribution in [0.15, 0.2) is 53.0 Å². The van der Waals surface area contributed by atoms with Crippen LogP contribution >= 0.6 is 15.9 Å². The average Bonchev–Trinajstić information content (AvgIpc) is 2.53. The Morgan fingerprint density at radius 2 is 1.83 bits per heavy atom. The molecule has 0 aliphatic rings. The summed E-state index contributed by atoms with van der Waals surface area (Å²) in [5, 5.41) is 2.66. The number of allylic oxidation sites excluding steroid dienone is 1. The van der Waals surface area contributed by atoms with Gasteiger partial charge in [-0.05, 0) is 54.6 Å². The lowest BCUT2D eigenvalue weighted by Crippen LogP contribution is -2.05. The molecule has 0 radical (unpaired) electrons. The summed E-state index contributed by atoms with van der Waals surface area (Å²) >= 11 is 3.40. The second-order valence-electron chi connectivity index (χ2n) is 4.84. The Morgan fingerprint density at radius 3 is 2.43 bits per heavy atom. The molecule has 0 saturated carbocycles. The van der Waals surface area contributed by atoms with Gasteiger partial charge in [0.1, 0.15) is 5.75 Å². The number of carbonyl (C=O) groups excluding carboxylic acids is 2. The molecule has 2 aromatic rings. The van der Waals surface area contributed by atoms with E-state index in [2.05, 4.69) is 21.2 Å². The predicted octanol–water partition coefficient (Wildman–Crippen LogP) is 4.31. The first-order valence-corrected chi connectivity index (χ1v) is 7.72. The van der Waals surface area contributed by atoms with Crippen LogP contribution in [-0.4, -0.2) is 18.8 Å². The number of nitrogens with one attached hydrogen (secondary N) is 1. The Bertz CT molecular complexity index is 751. The van der Waals surface area contributed by atoms with Crippen LogP contribution in [-0.2, 0) is 4.79 Å². The number of ether oxygens (including phenoxy) is 1. The van der Waals surface area contributed by atoms with Gasteiger partial charge in [-0.2, -0.15) is 0 Å². The zero-order chi connectivity index (χ0) is 16.8. The normalized spacial score (nSPS) is 10.6. The van der Waals surface area contributed by atoms with Crippen molar-refractivity contribution in [3.63, 3.8) is 0 Å². The second kappa shape index (κ2) is 7.74. The van der Waals surface area contributed by atoms with Gasteiger partial charge in [-0.15, -0.1) is 0 Å². The molecule has 0 heterocycles. The van der Waals surface area contributed by atoms with E-state index in [1.54, 1.807) is 37.5 Å². The van der Waals surface area contributed by atoms with Gasteiger partial charge in [0.25, 0.3) is 0 Å². The number of hydrogen-bond donors (Lipinski definition) is 1. The summed E-state index contributed by atoms with van der Waals surface area (Å²) in [5.41, 5.74) is 2.01. The Balaban J connectivity index is 2.15. The zero-order valence-electron chi connectivity index (χ0n) is 12.8. The molecule has 1 amide bonds. The van der Waals surface area contributed by atoms with Crippen LogP contribution in [0, 0.1) is 0 Å². The molecule has 0 aliphatic carbocycles. The Kier molecular flexibility index (Phi) is 5.71. The van der Waals surface area contributed by atoms with E-state index in [0.717, 1.165) is 10.0 Å². The van der Waals surface area contributed by atoms with Gasteiger partial charge in [-0.1, -0.05) is 15.9 Å². The fourth-order valence-corrected chi connectivity index (χ4v) is 2.40. The zero-order valence-corrected chi connectivity index (χ0v) is 14.4. The maximum atomic E-state index is 12.2. The number of carbonyl (C=O) groups is 2. The maximum absolute atomic E-state index is 12.2. The number of halogens is 1. The second-order valence-corrected chi connectivity index (χ2v) is 5.76. The van der Waals surface area contributed by atoms with Gasteiger partial charge in [0.05, 0.1) is 7.11 Å². The van der Waals surface area contributed by atoms with E-state index in [1.807, 2.05) is 18.2 Å². The van der Waals surface area contributed by atoms with Crippen molar-refractivity contribution in [2.75, 3.05) is 12.4 Å². The molecule has 1 N–H and O–H groups in total. The molecule has 0 fully saturated rings. The molecular weight excluding hydrogens is 358 g/mol. The van der Waals surface area contributed by atoms with E-state index in [9.17, 15) is 9.59 Å². The summed E-state index contributed by atoms with van der Waals surface area (Å²) < 4.78 is 6.17. The molecule has 4 nitrogen and oxygen atoms in total. The van der Waals surface area contributed by atoms with Gasteiger partial charge in [0.15, 0.2) is 5.78 Å². The topological polar surface area (TPSA) is 55.4 Å². The van der Waals surface area contributed by atoms with Crippen molar-refractivity contribution < 1.29 is 14.3 Å². The molecule has 0 aliphatic heterocycles. The van der Waals surface area contributed by atoms with E-state index < -0.39 is 0 Å². The predicted molar refractivity (Wildman–Crippen MR) is 94.8 cm³/mol. The van der Waals surface area contributed by atoms with Crippen molar-refractivity contribution in [1.82, 2.24) is 0 Å². The van der Waals surface area contributed by atoms with Gasteiger partial charge in [-0.3, -0.25) is 9.59 Å². The van der Waals surface area contributed by atoms with Crippen molar-refractivity contribution in [1.29, 1.82) is 0 Å². The van der Waals surface area contributed by atoms with Crippen LogP contribution in [0.2, 0.25) is 0 Å². The van der Waals surface area contributed by atoms with E-state index in [-0.39, 0.29) is 11.7 Å². The fourth-order valence-electron chi connectivity index (χ4n) is 2.02. The third-order valence-electron chi connectivity index (χ3n) is 3.10. The van der Waals surface area contributed by atoms with Gasteiger partial charge in [-0.25, -0.2) is 0 Å². The minimum Gasteiger partial charge on any atom is -0.496 e. The minimum absolute atomic E-state index is 0.124. The fraction of sp³-hybridized carbons (Fsp3) is 0.111. The standard InChI is InChI=1S/C18H16BrNO3/c1-12(21)20-16-7-3-13(4-8-16)17(22)9-5-14-11-15(19)6-10-18(14)23-2/h3-11H,1-2H3,(H,20,21). The van der Waals surface area contributed by atoms with Crippen molar-refractivity contribution in [3.05, 3.63) is 64.1 Å². The SMILES string of the molecule is COc1ccc(Br)cc1C=CC(=O)c1ccc(NC(C)=O)cc1. The highest BCUT2D eigenvalue weighted by Crippen LogP contribution is 2.24. The highest BCUT2D eigenvalue weighted by molar-refractivity contribution is 9.10. The maximum Gasteiger partial charge on any atom is 0.221 e. The lowest BCUT2D eigenvalue weighted by atomic mass is 10.1. The van der Waals surface area contributed by atoms with Crippen molar-refractivity contribution in [2.45, 2.75) is 6.92 Å². The van der Waals surface area contributed by atoms with Gasteiger partial charge >= 0.3 is 0 Å². The molecule has 2 aromatic carbocycles. The summed E-state index contributed by atoms with van der Waals surface area (Å²) in [7, 11) is 1.59. The van der Waals surface area contributed by atoms with Crippen molar-refractivity contribution in [3.8, 4) is 5.75 Å². The number of rotatable bonds is 5. The number of hydrogen-bond acceptors (Lipinski definition) is 3. The Labute approximate surface area is 143 Å². The molecule has 0 aromatic heterocycles. The molecule has 23 heavy (non-hydrogen) atoms. The van der Waals surface area contributed by atoms with Crippen LogP contribution in [0.4, 0.5) is 5.69 Å². The molecule has 0 spiro atoms. The Morgan fingerprint density at radius 1 is 1.13 bits per heavy atom. The molecule has 0 unspecified atom stereocenters. The largest absolute Gasteiger partial charge is 0.496 e. The van der Waals surface area contributed by atoms with E-state index in [0.29, 0.717) is 17.0 Å². The number of ketones is 1. The average molecular weight is 374 g/mol. The lowest BCUT2D eigenvalue weighted by molar-refractivity contribution is -0.114. The quantitative estimate of drug-likeness (QED) is 0.627. The smallest absolute Gasteiger partial charge is 0.221 e. The van der Waals surface area contributed by atoms with E-state index in [1.165, 1.54) is 13.0 Å². The molecule has 5 heteroatoms. The van der Waals surface area contributed by atoms with Gasteiger partial charge in [0.2, 0.25) is 5.91 Å². The highest BCUT2D eigenvalue weighted by atomic mass is 79.9. The summed E-state index contributed by atoms with van der Waals surface area (Å²) in [5.74, 6) is 0.422. The van der Waals surface area contributed by atoms with E-state index in [4.69, 9.17) is 4.74 Å². The third-order valence-corrected chi connectivity index (χ3v) is 3.59. The number of benzene rings is 2. The minimum atomic E-state index is -0.147. The molecule has 0 saturated heterocycles. The van der Waals surface area contributed by atoms with Crippen LogP contribution in [0.1, 0.15) is 22.8 Å². The summed E-state index contributed by atoms with van der Waals surface area (Å²) in [6, 6.07) is 12.3. The van der Waals surface area contributed by atoms with E-state index >= 15 is 0 Å². The Hall–Kier alpha value is -2.40. The van der Waals surface area contributed by atoms with Crippen molar-refractivity contribution in [2.24, 2.45) is 0 Å². The number of anilines is 1. The number of amides is 1. The molecule has 0 bridgehead atoms. The highest BCUT2D eigenvalue weighted by Gasteiger charge is 2.04. The van der Waals surface area contributed by atoms with Gasteiger partial charge in [0, 0.05) is 28.2 Å². The third kappa shape index (κ3) is 4.79. The van der Waals surface area contributed by atoms with Crippen LogP contribution < -0.4 is 10.1 Å². The number of methoxy groups -OCH3 is 1. The molecule has 2 rings (SSSR count). The molecular formula is C18H16BrNO3. The summed E-state index contributed by atoms with van der Waals surface area (Å²) in [6.07, 6.45) is 3.21. The van der Waals surface area contributed by atoms with Crippen molar-refractivity contribution >= 4 is 39.4 Å². The first-order valence-electron chi connectivity index (χ1n) is 6.93. The van der Waals surface area contributed by atoms with Crippen LogP contribution in [0.5, 0.6) is 5.75 Å². The summed E-state index contributed by atoms with van der Waals surface area (Å²) in [4.78, 5) is 23.2. The first-order chi connectivity index (χ1) is 11.0. The lowest BCUT2D eigenvalue weighted by Gasteiger charge is -2.05. The summed E-state index contributed by atoms with van der Waals surface area (Å²) in [6.45, 7) is 1.44. The van der Waals surface area contributed by atoms with Gasteiger partial charge < -0.3 is 10.1 Å². The molecule has 118 valence electrons. The van der Waals surface area contributed by atoms with Crippen LogP contribution in [0.25, 0.3) is 6.08 Å². The molecule has 0 atom stereocenters. The first kappa shape index (κ1) is 17.0. The van der Waals surface area contributed by atoms with Crippen LogP contribution in [0.3, 0.4) is 0 Å². The monoisotopic (exact) mass is 373 g/mol.